The molecular formula is C25H21F3N2O3S. The van der Waals surface area contributed by atoms with Crippen molar-refractivity contribution in [1.29, 1.82) is 0 Å². The third-order valence-corrected chi connectivity index (χ3v) is 8.13. The van der Waals surface area contributed by atoms with Crippen LogP contribution in [-0.2, 0) is 20.8 Å². The molecule has 4 rings (SSSR count). The van der Waals surface area contributed by atoms with E-state index in [-0.39, 0.29) is 5.56 Å². The molecule has 0 radical (unpaired) electrons. The number of nitrogens with zero attached hydrogens (tertiary/aromatic N) is 1. The number of benzene rings is 2. The highest BCUT2D eigenvalue weighted by Crippen LogP contribution is 2.37. The maximum atomic E-state index is 13.2. The van der Waals surface area contributed by atoms with Gasteiger partial charge in [0.05, 0.1) is 15.8 Å². The van der Waals surface area contributed by atoms with Gasteiger partial charge in [0, 0.05) is 35.2 Å². The molecule has 34 heavy (non-hydrogen) atoms. The van der Waals surface area contributed by atoms with E-state index in [1.807, 2.05) is 6.07 Å². The van der Waals surface area contributed by atoms with Crippen molar-refractivity contribution in [3.8, 4) is 22.3 Å². The summed E-state index contributed by atoms with van der Waals surface area (Å²) in [6.07, 6.45) is -1.19. The number of hydrogen-bond donors (Lipinski definition) is 1. The van der Waals surface area contributed by atoms with Gasteiger partial charge in [0.2, 0.25) is 0 Å². The van der Waals surface area contributed by atoms with Crippen molar-refractivity contribution in [2.45, 2.75) is 24.8 Å². The Labute approximate surface area is 194 Å². The summed E-state index contributed by atoms with van der Waals surface area (Å²) in [6.45, 7) is 3.23. The van der Waals surface area contributed by atoms with Crippen LogP contribution in [0.4, 0.5) is 13.2 Å². The van der Waals surface area contributed by atoms with Crippen LogP contribution in [0.1, 0.15) is 25.0 Å². The van der Waals surface area contributed by atoms with Crippen molar-refractivity contribution >= 4 is 20.7 Å². The minimum atomic E-state index is -4.61. The Balaban J connectivity index is 1.96. The number of alkyl halides is 3. The summed E-state index contributed by atoms with van der Waals surface area (Å²) in [7, 11) is -3.47. The molecule has 2 aromatic carbocycles. The molecule has 0 aliphatic rings. The molecule has 2 heterocycles. The van der Waals surface area contributed by atoms with Crippen LogP contribution in [0.3, 0.4) is 0 Å². The second kappa shape index (κ2) is 8.09. The molecule has 1 N–H and O–H groups in total. The van der Waals surface area contributed by atoms with Gasteiger partial charge in [0.25, 0.3) is 5.56 Å². The molecule has 176 valence electrons. The van der Waals surface area contributed by atoms with Crippen LogP contribution in [0.5, 0.6) is 0 Å². The number of aromatic nitrogens is 2. The van der Waals surface area contributed by atoms with E-state index in [1.54, 1.807) is 62.5 Å². The van der Waals surface area contributed by atoms with Gasteiger partial charge in [-0.05, 0) is 60.9 Å². The van der Waals surface area contributed by atoms with Gasteiger partial charge >= 0.3 is 6.18 Å². The number of fused-ring (bicyclic) bond motifs is 1. The van der Waals surface area contributed by atoms with Crippen LogP contribution in [0.25, 0.3) is 33.2 Å². The number of H-pyrrole nitrogens is 1. The second-order valence-corrected chi connectivity index (χ2v) is 11.2. The Morgan fingerprint density at radius 2 is 1.53 bits per heavy atom. The maximum absolute atomic E-state index is 13.2. The number of rotatable bonds is 4. The van der Waals surface area contributed by atoms with E-state index in [0.717, 1.165) is 6.07 Å². The summed E-state index contributed by atoms with van der Waals surface area (Å²) in [5, 5.41) is 0.717. The van der Waals surface area contributed by atoms with E-state index in [0.29, 0.717) is 39.4 Å². The zero-order valence-electron chi connectivity index (χ0n) is 18.6. The van der Waals surface area contributed by atoms with E-state index >= 15 is 0 Å². The van der Waals surface area contributed by atoms with Gasteiger partial charge in [0.15, 0.2) is 9.84 Å². The van der Waals surface area contributed by atoms with E-state index in [4.69, 9.17) is 0 Å². The van der Waals surface area contributed by atoms with Crippen LogP contribution in [0, 0.1) is 0 Å². The molecule has 0 atom stereocenters. The van der Waals surface area contributed by atoms with Crippen molar-refractivity contribution < 1.29 is 21.6 Å². The summed E-state index contributed by atoms with van der Waals surface area (Å²) in [5.74, 6) is 0. The van der Waals surface area contributed by atoms with Gasteiger partial charge in [0.1, 0.15) is 0 Å². The molecule has 0 saturated heterocycles. The summed E-state index contributed by atoms with van der Waals surface area (Å²) in [4.78, 5) is 18.9. The number of sulfone groups is 1. The van der Waals surface area contributed by atoms with Crippen LogP contribution in [0.2, 0.25) is 0 Å². The van der Waals surface area contributed by atoms with E-state index in [1.165, 1.54) is 6.26 Å². The summed E-state index contributed by atoms with van der Waals surface area (Å²) >= 11 is 0. The molecule has 0 bridgehead atoms. The Morgan fingerprint density at radius 3 is 2.18 bits per heavy atom. The third-order valence-electron chi connectivity index (χ3n) is 6.04. The Kier molecular flexibility index (Phi) is 5.64. The predicted molar refractivity (Wildman–Crippen MR) is 126 cm³/mol. The molecule has 0 unspecified atom stereocenters. The molecule has 4 aromatic rings. The van der Waals surface area contributed by atoms with Gasteiger partial charge in [-0.25, -0.2) is 8.42 Å². The molecule has 9 heteroatoms. The fraction of sp³-hybridized carbons (Fsp3) is 0.200. The molecule has 2 aromatic heterocycles. The standard InChI is InChI=1S/C25H21F3N2O3S/c1-24(2,34(3,32)33)18-11-17-8-5-9-29-22(17)20(12-18)15-6-4-7-16(10-15)21-13-19(25(26,27)28)14-30-23(21)31/h4-14H,1-3H3,(H,30,31). The molecule has 0 saturated carbocycles. The number of halogens is 3. The van der Waals surface area contributed by atoms with Crippen molar-refractivity contribution in [2.75, 3.05) is 6.26 Å². The van der Waals surface area contributed by atoms with Gasteiger partial charge in [-0.1, -0.05) is 24.3 Å². The van der Waals surface area contributed by atoms with Gasteiger partial charge in [-0.15, -0.1) is 0 Å². The monoisotopic (exact) mass is 486 g/mol. The number of hydrogen-bond acceptors (Lipinski definition) is 4. The first-order valence-electron chi connectivity index (χ1n) is 10.3. The first-order chi connectivity index (χ1) is 15.8. The summed E-state index contributed by atoms with van der Waals surface area (Å²) in [6, 6.07) is 14.4. The van der Waals surface area contributed by atoms with E-state index in [9.17, 15) is 26.4 Å². The fourth-order valence-electron chi connectivity index (χ4n) is 3.69. The molecule has 0 amide bonds. The Hall–Kier alpha value is -3.46. The minimum Gasteiger partial charge on any atom is -0.328 e. The molecule has 0 aliphatic carbocycles. The molecule has 5 nitrogen and oxygen atoms in total. The topological polar surface area (TPSA) is 79.9 Å². The van der Waals surface area contributed by atoms with E-state index in [2.05, 4.69) is 9.97 Å². The lowest BCUT2D eigenvalue weighted by Crippen LogP contribution is -2.28. The SMILES string of the molecule is CC(C)(c1cc(-c2cccc(-c3cc(C(F)(F)F)c[nH]c3=O)c2)c2ncccc2c1)S(C)(=O)=O. The second-order valence-electron chi connectivity index (χ2n) is 8.59. The normalized spacial score (nSPS) is 12.8. The molecular weight excluding hydrogens is 465 g/mol. The van der Waals surface area contributed by atoms with Crippen molar-refractivity contribution in [3.63, 3.8) is 0 Å². The van der Waals surface area contributed by atoms with Gasteiger partial charge in [-0.3, -0.25) is 9.78 Å². The first-order valence-corrected chi connectivity index (χ1v) is 12.2. The lowest BCUT2D eigenvalue weighted by atomic mass is 9.92. The minimum absolute atomic E-state index is 0.124. The van der Waals surface area contributed by atoms with E-state index < -0.39 is 31.9 Å². The highest BCUT2D eigenvalue weighted by molar-refractivity contribution is 7.91. The largest absolute Gasteiger partial charge is 0.417 e. The highest BCUT2D eigenvalue weighted by Gasteiger charge is 2.33. The maximum Gasteiger partial charge on any atom is 0.417 e. The highest BCUT2D eigenvalue weighted by atomic mass is 32.2. The Morgan fingerprint density at radius 1 is 0.882 bits per heavy atom. The van der Waals surface area contributed by atoms with Crippen LogP contribution < -0.4 is 5.56 Å². The van der Waals surface area contributed by atoms with Crippen LogP contribution in [0.15, 0.2) is 71.8 Å². The lowest BCUT2D eigenvalue weighted by Gasteiger charge is -2.24. The number of pyridine rings is 2. The van der Waals surface area contributed by atoms with Crippen LogP contribution in [-0.4, -0.2) is 24.6 Å². The van der Waals surface area contributed by atoms with Gasteiger partial charge in [-0.2, -0.15) is 13.2 Å². The fourth-order valence-corrected chi connectivity index (χ4v) is 4.24. The zero-order valence-corrected chi connectivity index (χ0v) is 19.4. The third kappa shape index (κ3) is 4.23. The zero-order chi connectivity index (χ0) is 24.9. The van der Waals surface area contributed by atoms with Gasteiger partial charge < -0.3 is 4.98 Å². The molecule has 0 spiro atoms. The Bertz CT molecular complexity index is 1570. The average molecular weight is 487 g/mol. The number of aromatic amines is 1. The summed E-state index contributed by atoms with van der Waals surface area (Å²) in [5.41, 5.74) is 0.901. The lowest BCUT2D eigenvalue weighted by molar-refractivity contribution is -0.137. The predicted octanol–water partition coefficient (Wildman–Crippen LogP) is 5.56. The molecule has 0 fully saturated rings. The van der Waals surface area contributed by atoms with Crippen molar-refractivity contribution in [1.82, 2.24) is 9.97 Å². The van der Waals surface area contributed by atoms with Crippen molar-refractivity contribution in [2.24, 2.45) is 0 Å². The number of nitrogens with one attached hydrogen (secondary N) is 1. The molecule has 0 aliphatic heterocycles. The quantitative estimate of drug-likeness (QED) is 0.410. The smallest absolute Gasteiger partial charge is 0.328 e. The van der Waals surface area contributed by atoms with Crippen molar-refractivity contribution in [3.05, 3.63) is 88.5 Å². The average Bonchev–Trinajstić information content (AvgIpc) is 2.77. The summed E-state index contributed by atoms with van der Waals surface area (Å²) < 4.78 is 63.4. The first kappa shape index (κ1) is 23.7. The van der Waals surface area contributed by atoms with Crippen LogP contribution >= 0.6 is 0 Å².